The van der Waals surface area contributed by atoms with Crippen LogP contribution >= 0.6 is 11.8 Å². The maximum Gasteiger partial charge on any atom is 0.336 e. The van der Waals surface area contributed by atoms with Crippen molar-refractivity contribution in [2.75, 3.05) is 18.3 Å². The Morgan fingerprint density at radius 2 is 2.05 bits per heavy atom. The molecule has 0 aliphatic rings. The van der Waals surface area contributed by atoms with Crippen molar-refractivity contribution < 1.29 is 27.3 Å². The number of carbonyl (C=O) groups is 2. The van der Waals surface area contributed by atoms with E-state index >= 15 is 0 Å². The number of aromatic carboxylic acids is 1. The van der Waals surface area contributed by atoms with E-state index in [-0.39, 0.29) is 22.9 Å². The van der Waals surface area contributed by atoms with Crippen LogP contribution < -0.4 is 9.50 Å². The van der Waals surface area contributed by atoms with E-state index in [1.807, 2.05) is 6.26 Å². The highest BCUT2D eigenvalue weighted by molar-refractivity contribution is 7.98. The molecule has 22 heavy (non-hydrogen) atoms. The fraction of sp³-hybridized carbons (Fsp3) is 0.385. The summed E-state index contributed by atoms with van der Waals surface area (Å²) in [7, 11) is -3.89. The van der Waals surface area contributed by atoms with E-state index in [1.54, 1.807) is 6.92 Å². The second kappa shape index (κ2) is 7.50. The lowest BCUT2D eigenvalue weighted by molar-refractivity contribution is 0.0690. The summed E-state index contributed by atoms with van der Waals surface area (Å²) < 4.78 is 27.3. The van der Waals surface area contributed by atoms with Crippen molar-refractivity contribution in [3.05, 3.63) is 29.3 Å². The summed E-state index contributed by atoms with van der Waals surface area (Å²) in [4.78, 5) is 23.6. The second-order valence-electron chi connectivity index (χ2n) is 4.60. The molecule has 0 saturated carbocycles. The SMILES string of the molecule is CSCC(C)NC(=O)c1c(OS(C)(=O)=O)cccc1C(=O)O. The minimum Gasteiger partial charge on any atom is -0.478 e. The van der Waals surface area contributed by atoms with Crippen molar-refractivity contribution in [3.63, 3.8) is 0 Å². The highest BCUT2D eigenvalue weighted by Crippen LogP contribution is 2.24. The monoisotopic (exact) mass is 347 g/mol. The fourth-order valence-electron chi connectivity index (χ4n) is 1.76. The number of carboxylic acid groups (broad SMARTS) is 1. The zero-order valence-electron chi connectivity index (χ0n) is 12.3. The largest absolute Gasteiger partial charge is 0.478 e. The van der Waals surface area contributed by atoms with Gasteiger partial charge in [-0.25, -0.2) is 4.79 Å². The van der Waals surface area contributed by atoms with Crippen molar-refractivity contribution in [2.24, 2.45) is 0 Å². The van der Waals surface area contributed by atoms with Crippen LogP contribution in [0, 0.1) is 0 Å². The molecule has 1 aromatic rings. The van der Waals surface area contributed by atoms with Crippen LogP contribution in [0.5, 0.6) is 5.75 Å². The number of hydrogen-bond donors (Lipinski definition) is 2. The maximum absolute atomic E-state index is 12.3. The molecule has 0 radical (unpaired) electrons. The van der Waals surface area contributed by atoms with Gasteiger partial charge in [-0.05, 0) is 25.3 Å². The van der Waals surface area contributed by atoms with Gasteiger partial charge >= 0.3 is 16.1 Å². The van der Waals surface area contributed by atoms with E-state index in [0.29, 0.717) is 5.75 Å². The highest BCUT2D eigenvalue weighted by Gasteiger charge is 2.24. The quantitative estimate of drug-likeness (QED) is 0.713. The predicted octanol–water partition coefficient (Wildman–Crippen LogP) is 1.20. The minimum atomic E-state index is -3.89. The van der Waals surface area contributed by atoms with Crippen molar-refractivity contribution in [2.45, 2.75) is 13.0 Å². The molecule has 1 rings (SSSR count). The first-order chi connectivity index (χ1) is 10.2. The molecule has 0 heterocycles. The average Bonchev–Trinajstić information content (AvgIpc) is 2.36. The third kappa shape index (κ3) is 5.23. The lowest BCUT2D eigenvalue weighted by Crippen LogP contribution is -2.35. The summed E-state index contributed by atoms with van der Waals surface area (Å²) in [5.41, 5.74) is -0.636. The van der Waals surface area contributed by atoms with Crippen LogP contribution in [0.2, 0.25) is 0 Å². The van der Waals surface area contributed by atoms with E-state index < -0.39 is 22.0 Å². The second-order valence-corrected chi connectivity index (χ2v) is 7.09. The van der Waals surface area contributed by atoms with Crippen LogP contribution in [0.25, 0.3) is 0 Å². The zero-order valence-corrected chi connectivity index (χ0v) is 14.0. The Morgan fingerprint density at radius 1 is 1.41 bits per heavy atom. The van der Waals surface area contributed by atoms with Crippen LogP contribution in [-0.4, -0.2) is 49.7 Å². The molecule has 122 valence electrons. The lowest BCUT2D eigenvalue weighted by Gasteiger charge is -2.16. The van der Waals surface area contributed by atoms with Gasteiger partial charge in [-0.2, -0.15) is 20.2 Å². The third-order valence-corrected chi connectivity index (χ3v) is 3.83. The smallest absolute Gasteiger partial charge is 0.336 e. The van der Waals surface area contributed by atoms with Gasteiger partial charge < -0.3 is 14.6 Å². The molecule has 0 spiro atoms. The summed E-state index contributed by atoms with van der Waals surface area (Å²) in [5.74, 6) is -1.72. The standard InChI is InChI=1S/C13H17NO6S2/c1-8(7-21-2)14-12(15)11-9(13(16)17)5-4-6-10(11)20-22(3,18)19/h4-6,8H,7H2,1-3H3,(H,14,15)(H,16,17). The normalized spacial score (nSPS) is 12.5. The molecule has 1 atom stereocenters. The first-order valence-electron chi connectivity index (χ1n) is 6.21. The molecule has 0 fully saturated rings. The molecule has 0 saturated heterocycles. The number of thioether (sulfide) groups is 1. The van der Waals surface area contributed by atoms with Gasteiger partial charge in [0.25, 0.3) is 5.91 Å². The van der Waals surface area contributed by atoms with E-state index in [1.165, 1.54) is 30.0 Å². The summed E-state index contributed by atoms with van der Waals surface area (Å²) in [5, 5.41) is 11.8. The molecule has 0 bridgehead atoms. The molecule has 2 N–H and O–H groups in total. The summed E-state index contributed by atoms with van der Waals surface area (Å²) in [6.45, 7) is 1.76. The van der Waals surface area contributed by atoms with Crippen LogP contribution in [0.3, 0.4) is 0 Å². The molecule has 0 aromatic heterocycles. The number of benzene rings is 1. The average molecular weight is 347 g/mol. The number of rotatable bonds is 7. The van der Waals surface area contributed by atoms with E-state index in [0.717, 1.165) is 6.26 Å². The van der Waals surface area contributed by atoms with Crippen molar-refractivity contribution in [1.29, 1.82) is 0 Å². The summed E-state index contributed by atoms with van der Waals surface area (Å²) in [6.07, 6.45) is 2.69. The predicted molar refractivity (Wildman–Crippen MR) is 84.2 cm³/mol. The molecule has 1 unspecified atom stereocenters. The third-order valence-electron chi connectivity index (χ3n) is 2.52. The Bertz CT molecular complexity index is 671. The Kier molecular flexibility index (Phi) is 6.24. The van der Waals surface area contributed by atoms with Gasteiger partial charge in [0.05, 0.1) is 17.4 Å². The number of carboxylic acids is 1. The molecule has 7 nitrogen and oxygen atoms in total. The Hall–Kier alpha value is -1.74. The summed E-state index contributed by atoms with van der Waals surface area (Å²) >= 11 is 1.51. The van der Waals surface area contributed by atoms with Crippen molar-refractivity contribution >= 4 is 33.8 Å². The maximum atomic E-state index is 12.3. The fourth-order valence-corrected chi connectivity index (χ4v) is 2.81. The van der Waals surface area contributed by atoms with Gasteiger partial charge in [0.2, 0.25) is 0 Å². The van der Waals surface area contributed by atoms with Crippen LogP contribution in [0.4, 0.5) is 0 Å². The Balaban J connectivity index is 3.28. The minimum absolute atomic E-state index is 0.213. The number of amides is 1. The molecule has 0 aliphatic carbocycles. The molecule has 0 aliphatic heterocycles. The van der Waals surface area contributed by atoms with Crippen LogP contribution in [-0.2, 0) is 10.1 Å². The van der Waals surface area contributed by atoms with Crippen LogP contribution in [0.1, 0.15) is 27.6 Å². The van der Waals surface area contributed by atoms with Gasteiger partial charge in [0, 0.05) is 11.8 Å². The van der Waals surface area contributed by atoms with Crippen molar-refractivity contribution in [3.8, 4) is 5.75 Å². The Morgan fingerprint density at radius 3 is 2.55 bits per heavy atom. The van der Waals surface area contributed by atoms with Gasteiger partial charge in [-0.3, -0.25) is 4.79 Å². The topological polar surface area (TPSA) is 110 Å². The summed E-state index contributed by atoms with van der Waals surface area (Å²) in [6, 6.07) is 3.55. The molecule has 9 heteroatoms. The van der Waals surface area contributed by atoms with Crippen LogP contribution in [0.15, 0.2) is 18.2 Å². The van der Waals surface area contributed by atoms with E-state index in [9.17, 15) is 23.1 Å². The molecular formula is C13H17NO6S2. The van der Waals surface area contributed by atoms with E-state index in [4.69, 9.17) is 4.18 Å². The number of hydrogen-bond acceptors (Lipinski definition) is 6. The number of nitrogens with one attached hydrogen (secondary N) is 1. The van der Waals surface area contributed by atoms with Gasteiger partial charge in [0.1, 0.15) is 0 Å². The molecule has 1 aromatic carbocycles. The zero-order chi connectivity index (χ0) is 16.9. The lowest BCUT2D eigenvalue weighted by atomic mass is 10.1. The molecule has 1 amide bonds. The van der Waals surface area contributed by atoms with E-state index in [2.05, 4.69) is 5.32 Å². The first kappa shape index (κ1) is 18.3. The van der Waals surface area contributed by atoms with Crippen molar-refractivity contribution in [1.82, 2.24) is 5.32 Å². The Labute approximate surface area is 133 Å². The first-order valence-corrected chi connectivity index (χ1v) is 9.42. The molecular weight excluding hydrogens is 330 g/mol. The van der Waals surface area contributed by atoms with Gasteiger partial charge in [-0.1, -0.05) is 6.07 Å². The van der Waals surface area contributed by atoms with Gasteiger partial charge in [0.15, 0.2) is 5.75 Å². The van der Waals surface area contributed by atoms with Gasteiger partial charge in [-0.15, -0.1) is 0 Å². The highest BCUT2D eigenvalue weighted by atomic mass is 32.2. The number of carbonyl (C=O) groups excluding carboxylic acids is 1.